The molecule has 0 saturated heterocycles. The van der Waals surface area contributed by atoms with Gasteiger partial charge in [-0.05, 0) is 31.0 Å². The Labute approximate surface area is 182 Å². The molecule has 0 atom stereocenters. The molecule has 0 saturated carbocycles. The molecule has 1 aliphatic rings. The fourth-order valence-corrected chi connectivity index (χ4v) is 2.87. The maximum atomic E-state index is 12.7. The Kier molecular flexibility index (Phi) is 7.21. The summed E-state index contributed by atoms with van der Waals surface area (Å²) in [6.45, 7) is 1.68. The molecule has 1 aromatic heterocycles. The number of rotatable bonds is 2. The molecular formula is C19H22N6O7. The van der Waals surface area contributed by atoms with Gasteiger partial charge in [-0.1, -0.05) is 12.1 Å². The van der Waals surface area contributed by atoms with Crippen LogP contribution in [-0.4, -0.2) is 53.3 Å². The quantitative estimate of drug-likeness (QED) is 0.507. The van der Waals surface area contributed by atoms with E-state index in [4.69, 9.17) is 19.9 Å². The van der Waals surface area contributed by atoms with Gasteiger partial charge in [0.25, 0.3) is 5.91 Å². The summed E-state index contributed by atoms with van der Waals surface area (Å²) in [5.74, 6) is -0.749. The van der Waals surface area contributed by atoms with Crippen molar-refractivity contribution in [2.75, 3.05) is 37.0 Å². The maximum Gasteiger partial charge on any atom is 0.415 e. The first kappa shape index (κ1) is 22.5. The Morgan fingerprint density at radius 1 is 1.38 bits per heavy atom. The van der Waals surface area contributed by atoms with Gasteiger partial charge in [-0.15, -0.1) is 0 Å². The molecule has 13 heteroatoms. The van der Waals surface area contributed by atoms with Gasteiger partial charge in [0.2, 0.25) is 11.6 Å². The number of nitrogens with zero attached hydrogens (tertiary/aromatic N) is 4. The van der Waals surface area contributed by atoms with E-state index in [-0.39, 0.29) is 44.1 Å². The average molecular weight is 446 g/mol. The monoisotopic (exact) mass is 446 g/mol. The zero-order valence-corrected chi connectivity index (χ0v) is 17.3. The van der Waals surface area contributed by atoms with Crippen LogP contribution in [0.25, 0.3) is 0 Å². The Morgan fingerprint density at radius 2 is 2.19 bits per heavy atom. The zero-order chi connectivity index (χ0) is 23.1. The molecule has 0 unspecified atom stereocenters. The number of amides is 2. The van der Waals surface area contributed by atoms with Gasteiger partial charge in [0.1, 0.15) is 5.75 Å². The van der Waals surface area contributed by atoms with Crippen LogP contribution in [0.1, 0.15) is 18.9 Å². The first-order valence-corrected chi connectivity index (χ1v) is 9.76. The second-order valence-corrected chi connectivity index (χ2v) is 6.59. The standard InChI is InChI=1S/C19H22N6O7/c1-2-30-19(27)24-10-12-5-3-6-13(9-12)32-11-14(26)21-7-4-8-31-18-22-16(20)15(25(28)29)17(24)23-18/h3,5-6,9H,2,4,7-8,10-11H2,1H3,(H,21,26)(H2,20,22,23). The van der Waals surface area contributed by atoms with Gasteiger partial charge >= 0.3 is 17.8 Å². The van der Waals surface area contributed by atoms with Crippen molar-refractivity contribution < 1.29 is 28.7 Å². The smallest absolute Gasteiger partial charge is 0.415 e. The predicted molar refractivity (Wildman–Crippen MR) is 111 cm³/mol. The fraction of sp³-hybridized carbons (Fsp3) is 0.368. The highest BCUT2D eigenvalue weighted by Crippen LogP contribution is 2.34. The minimum Gasteiger partial charge on any atom is -0.484 e. The minimum absolute atomic E-state index is 0.0331. The summed E-state index contributed by atoms with van der Waals surface area (Å²) < 4.78 is 16.0. The van der Waals surface area contributed by atoms with Crippen molar-refractivity contribution in [3.8, 4) is 11.8 Å². The lowest BCUT2D eigenvalue weighted by Gasteiger charge is -2.22. The Hall–Kier alpha value is -4.16. The summed E-state index contributed by atoms with van der Waals surface area (Å²) in [6, 6.07) is 6.33. The van der Waals surface area contributed by atoms with Crippen LogP contribution in [0.15, 0.2) is 24.3 Å². The number of nitrogens with one attached hydrogen (secondary N) is 1. The number of carbonyl (C=O) groups excluding carboxylic acids is 2. The molecule has 0 aliphatic carbocycles. The molecule has 4 bridgehead atoms. The molecule has 3 N–H and O–H groups in total. The summed E-state index contributed by atoms with van der Waals surface area (Å²) >= 11 is 0. The number of hydrogen-bond donors (Lipinski definition) is 2. The lowest BCUT2D eigenvalue weighted by atomic mass is 10.2. The molecule has 2 heterocycles. The van der Waals surface area contributed by atoms with Gasteiger partial charge in [-0.2, -0.15) is 9.97 Å². The highest BCUT2D eigenvalue weighted by molar-refractivity contribution is 5.90. The SMILES string of the molecule is CCOC(=O)N1Cc2cccc(c2)OCC(=O)NCCCOc2nc(N)c([N+](=O)[O-])c1n2. The number of ether oxygens (including phenoxy) is 3. The molecule has 1 aromatic carbocycles. The highest BCUT2D eigenvalue weighted by Gasteiger charge is 2.32. The maximum absolute atomic E-state index is 12.7. The van der Waals surface area contributed by atoms with E-state index >= 15 is 0 Å². The van der Waals surface area contributed by atoms with Crippen molar-refractivity contribution in [1.82, 2.24) is 15.3 Å². The Morgan fingerprint density at radius 3 is 2.94 bits per heavy atom. The first-order chi connectivity index (χ1) is 15.4. The van der Waals surface area contributed by atoms with Crippen LogP contribution in [0.2, 0.25) is 0 Å². The van der Waals surface area contributed by atoms with Gasteiger partial charge in [0, 0.05) is 6.54 Å². The summed E-state index contributed by atoms with van der Waals surface area (Å²) in [5.41, 5.74) is 5.70. The third-order valence-electron chi connectivity index (χ3n) is 4.28. The molecule has 3 rings (SSSR count). The van der Waals surface area contributed by atoms with Gasteiger partial charge < -0.3 is 25.3 Å². The van der Waals surface area contributed by atoms with Crippen molar-refractivity contribution in [1.29, 1.82) is 0 Å². The first-order valence-electron chi connectivity index (χ1n) is 9.76. The van der Waals surface area contributed by atoms with Crippen molar-refractivity contribution in [3.05, 3.63) is 39.9 Å². The predicted octanol–water partition coefficient (Wildman–Crippen LogP) is 1.41. The van der Waals surface area contributed by atoms with Crippen LogP contribution in [-0.2, 0) is 16.1 Å². The van der Waals surface area contributed by atoms with Crippen molar-refractivity contribution in [2.24, 2.45) is 0 Å². The van der Waals surface area contributed by atoms with Gasteiger partial charge in [-0.25, -0.2) is 4.79 Å². The van der Waals surface area contributed by atoms with Crippen LogP contribution in [0, 0.1) is 10.1 Å². The van der Waals surface area contributed by atoms with Crippen LogP contribution >= 0.6 is 0 Å². The van der Waals surface area contributed by atoms with Crippen molar-refractivity contribution in [3.63, 3.8) is 0 Å². The molecule has 32 heavy (non-hydrogen) atoms. The molecule has 0 radical (unpaired) electrons. The molecule has 2 amide bonds. The third kappa shape index (κ3) is 5.50. The fourth-order valence-electron chi connectivity index (χ4n) is 2.87. The molecule has 2 aromatic rings. The van der Waals surface area contributed by atoms with Gasteiger partial charge in [0.15, 0.2) is 6.61 Å². The summed E-state index contributed by atoms with van der Waals surface area (Å²) in [6.07, 6.45) is -0.468. The topological polar surface area (TPSA) is 172 Å². The number of nitrogens with two attached hydrogens (primary N) is 1. The van der Waals surface area contributed by atoms with Crippen molar-refractivity contribution >= 4 is 29.3 Å². The summed E-state index contributed by atoms with van der Waals surface area (Å²) in [5, 5.41) is 14.4. The van der Waals surface area contributed by atoms with E-state index in [2.05, 4.69) is 15.3 Å². The van der Waals surface area contributed by atoms with E-state index in [1.54, 1.807) is 31.2 Å². The van der Waals surface area contributed by atoms with Crippen molar-refractivity contribution in [2.45, 2.75) is 19.9 Å². The van der Waals surface area contributed by atoms with E-state index in [1.165, 1.54) is 0 Å². The highest BCUT2D eigenvalue weighted by atomic mass is 16.6. The number of nitrogen functional groups attached to an aromatic ring is 1. The van der Waals surface area contributed by atoms with Crippen LogP contribution < -0.4 is 25.4 Å². The Balaban J connectivity index is 2.10. The molecule has 0 fully saturated rings. The van der Waals surface area contributed by atoms with E-state index < -0.39 is 22.5 Å². The van der Waals surface area contributed by atoms with Gasteiger partial charge in [-0.3, -0.25) is 19.8 Å². The largest absolute Gasteiger partial charge is 0.484 e. The summed E-state index contributed by atoms with van der Waals surface area (Å²) in [7, 11) is 0. The van der Waals surface area contributed by atoms with E-state index in [1.807, 2.05) is 0 Å². The van der Waals surface area contributed by atoms with E-state index in [9.17, 15) is 19.7 Å². The lowest BCUT2D eigenvalue weighted by molar-refractivity contribution is -0.383. The second-order valence-electron chi connectivity index (χ2n) is 6.59. The van der Waals surface area contributed by atoms with E-state index in [0.29, 0.717) is 24.3 Å². The van der Waals surface area contributed by atoms with Crippen LogP contribution in [0.5, 0.6) is 11.8 Å². The third-order valence-corrected chi connectivity index (χ3v) is 4.28. The number of aromatic nitrogens is 2. The summed E-state index contributed by atoms with van der Waals surface area (Å²) in [4.78, 5) is 44.4. The van der Waals surface area contributed by atoms with E-state index in [0.717, 1.165) is 4.90 Å². The zero-order valence-electron chi connectivity index (χ0n) is 17.3. The van der Waals surface area contributed by atoms with Crippen LogP contribution in [0.3, 0.4) is 0 Å². The molecule has 1 aliphatic heterocycles. The second kappa shape index (κ2) is 10.2. The molecule has 13 nitrogen and oxygen atoms in total. The lowest BCUT2D eigenvalue weighted by Crippen LogP contribution is -2.33. The molecular weight excluding hydrogens is 424 g/mol. The number of benzene rings is 1. The number of hydrogen-bond acceptors (Lipinski definition) is 10. The minimum atomic E-state index is -0.869. The number of anilines is 2. The van der Waals surface area contributed by atoms with Gasteiger partial charge in [0.05, 0.1) is 24.7 Å². The normalized spacial score (nSPS) is 14.5. The average Bonchev–Trinajstić information content (AvgIpc) is 2.75. The number of carbonyl (C=O) groups is 2. The Bertz CT molecular complexity index is 1020. The number of nitro groups is 1. The molecule has 170 valence electrons. The van der Waals surface area contributed by atoms with Crippen LogP contribution in [0.4, 0.5) is 22.1 Å². The molecule has 0 spiro atoms. The number of fused-ring (bicyclic) bond motifs is 4.